The molecule has 124 valence electrons. The molecule has 3 rings (SSSR count). The van der Waals surface area contributed by atoms with E-state index in [2.05, 4.69) is 33.2 Å². The topological polar surface area (TPSA) is 46.4 Å². The predicted octanol–water partition coefficient (Wildman–Crippen LogP) is 4.92. The summed E-state index contributed by atoms with van der Waals surface area (Å²) in [7, 11) is 0. The van der Waals surface area contributed by atoms with Gasteiger partial charge in [0.25, 0.3) is 5.91 Å². The maximum Gasteiger partial charge on any atom is 0.274 e. The Morgan fingerprint density at radius 2 is 2.04 bits per heavy atom. The fourth-order valence-electron chi connectivity index (χ4n) is 2.76. The number of carbonyl (C=O) groups excluding carboxylic acids is 1. The van der Waals surface area contributed by atoms with E-state index in [1.54, 1.807) is 0 Å². The van der Waals surface area contributed by atoms with E-state index in [-0.39, 0.29) is 5.91 Å². The number of aromatic nitrogens is 2. The molecule has 0 aliphatic rings. The van der Waals surface area contributed by atoms with Crippen molar-refractivity contribution in [3.8, 4) is 0 Å². The van der Waals surface area contributed by atoms with Crippen LogP contribution in [0.4, 0.5) is 5.69 Å². The van der Waals surface area contributed by atoms with Crippen LogP contribution in [0.1, 0.15) is 40.7 Å². The number of imidazole rings is 1. The fourth-order valence-corrected chi connectivity index (χ4v) is 3.01. The number of halogens is 1. The lowest BCUT2D eigenvalue weighted by Crippen LogP contribution is -2.16. The summed E-state index contributed by atoms with van der Waals surface area (Å²) in [6.45, 7) is 6.10. The van der Waals surface area contributed by atoms with Crippen LogP contribution in [0, 0.1) is 13.8 Å². The fraction of sp³-hybridized carbons (Fsp3) is 0.263. The standard InChI is InChI=1S/C19H20BrN3O/c1-4-5-16-18(23-11-12(2)6-9-17(23)22-16)19(24)21-14-7-8-15(20)13(3)10-14/h6-11H,4-5H2,1-3H3,(H,21,24). The first-order valence-corrected chi connectivity index (χ1v) is 8.84. The van der Waals surface area contributed by atoms with Crippen LogP contribution in [-0.4, -0.2) is 15.3 Å². The molecular weight excluding hydrogens is 366 g/mol. The average Bonchev–Trinajstić information content (AvgIpc) is 2.88. The first kappa shape index (κ1) is 16.7. The molecule has 1 amide bonds. The zero-order valence-corrected chi connectivity index (χ0v) is 15.6. The molecule has 2 aromatic heterocycles. The molecule has 24 heavy (non-hydrogen) atoms. The lowest BCUT2D eigenvalue weighted by atomic mass is 10.2. The molecule has 0 atom stereocenters. The number of rotatable bonds is 4. The first-order chi connectivity index (χ1) is 11.5. The third-order valence-corrected chi connectivity index (χ3v) is 4.85. The van der Waals surface area contributed by atoms with E-state index < -0.39 is 0 Å². The lowest BCUT2D eigenvalue weighted by Gasteiger charge is -2.09. The third kappa shape index (κ3) is 3.22. The highest BCUT2D eigenvalue weighted by Crippen LogP contribution is 2.22. The highest BCUT2D eigenvalue weighted by Gasteiger charge is 2.19. The number of fused-ring (bicyclic) bond motifs is 1. The minimum Gasteiger partial charge on any atom is -0.321 e. The van der Waals surface area contributed by atoms with Crippen molar-refractivity contribution in [3.63, 3.8) is 0 Å². The van der Waals surface area contributed by atoms with Crippen molar-refractivity contribution >= 4 is 33.2 Å². The Bertz CT molecular complexity index is 914. The van der Waals surface area contributed by atoms with Gasteiger partial charge in [0, 0.05) is 16.4 Å². The maximum absolute atomic E-state index is 12.9. The van der Waals surface area contributed by atoms with E-state index in [0.717, 1.165) is 45.5 Å². The SMILES string of the molecule is CCCc1nc2ccc(C)cn2c1C(=O)Nc1ccc(Br)c(C)c1. The van der Waals surface area contributed by atoms with Gasteiger partial charge < -0.3 is 5.32 Å². The number of amides is 1. The molecule has 0 bridgehead atoms. The third-order valence-electron chi connectivity index (χ3n) is 3.96. The van der Waals surface area contributed by atoms with Crippen molar-refractivity contribution in [1.82, 2.24) is 9.38 Å². The van der Waals surface area contributed by atoms with Gasteiger partial charge in [-0.1, -0.05) is 35.3 Å². The second kappa shape index (κ2) is 6.77. The number of benzene rings is 1. The number of hydrogen-bond acceptors (Lipinski definition) is 2. The Morgan fingerprint density at radius 3 is 2.75 bits per heavy atom. The van der Waals surface area contributed by atoms with E-state index in [4.69, 9.17) is 0 Å². The van der Waals surface area contributed by atoms with Gasteiger partial charge in [-0.05, 0) is 55.7 Å². The van der Waals surface area contributed by atoms with Gasteiger partial charge in [0.1, 0.15) is 11.3 Å². The van der Waals surface area contributed by atoms with Crippen LogP contribution in [0.15, 0.2) is 41.0 Å². The zero-order valence-electron chi connectivity index (χ0n) is 14.1. The molecule has 0 fully saturated rings. The lowest BCUT2D eigenvalue weighted by molar-refractivity contribution is 0.102. The van der Waals surface area contributed by atoms with Gasteiger partial charge in [-0.15, -0.1) is 0 Å². The van der Waals surface area contributed by atoms with Crippen LogP contribution in [0.2, 0.25) is 0 Å². The quantitative estimate of drug-likeness (QED) is 0.692. The second-order valence-electron chi connectivity index (χ2n) is 6.01. The molecule has 0 spiro atoms. The Labute approximate surface area is 150 Å². The van der Waals surface area contributed by atoms with Gasteiger partial charge in [-0.2, -0.15) is 0 Å². The number of pyridine rings is 1. The summed E-state index contributed by atoms with van der Waals surface area (Å²) in [5.41, 5.74) is 5.23. The normalized spacial score (nSPS) is 11.0. The van der Waals surface area contributed by atoms with Crippen LogP contribution in [0.3, 0.4) is 0 Å². The number of carbonyl (C=O) groups is 1. The van der Waals surface area contributed by atoms with Crippen molar-refractivity contribution in [2.24, 2.45) is 0 Å². The molecule has 2 heterocycles. The van der Waals surface area contributed by atoms with Crippen molar-refractivity contribution < 1.29 is 4.79 Å². The van der Waals surface area contributed by atoms with Crippen LogP contribution < -0.4 is 5.32 Å². The van der Waals surface area contributed by atoms with Gasteiger partial charge in [0.05, 0.1) is 5.69 Å². The summed E-state index contributed by atoms with van der Waals surface area (Å²) in [5, 5.41) is 3.00. The molecule has 0 saturated heterocycles. The summed E-state index contributed by atoms with van der Waals surface area (Å²) < 4.78 is 2.92. The molecule has 0 saturated carbocycles. The Balaban J connectivity index is 2.02. The average molecular weight is 386 g/mol. The number of aryl methyl sites for hydroxylation is 3. The molecule has 0 radical (unpaired) electrons. The van der Waals surface area contributed by atoms with Crippen molar-refractivity contribution in [2.75, 3.05) is 5.32 Å². The molecule has 0 aliphatic heterocycles. The van der Waals surface area contributed by atoms with E-state index in [0.29, 0.717) is 5.69 Å². The minimum atomic E-state index is -0.127. The van der Waals surface area contributed by atoms with E-state index in [1.165, 1.54) is 0 Å². The maximum atomic E-state index is 12.9. The van der Waals surface area contributed by atoms with Gasteiger partial charge in [0.15, 0.2) is 0 Å². The van der Waals surface area contributed by atoms with E-state index in [9.17, 15) is 4.79 Å². The molecule has 1 N–H and O–H groups in total. The molecule has 4 nitrogen and oxygen atoms in total. The largest absolute Gasteiger partial charge is 0.321 e. The molecule has 1 aromatic carbocycles. The van der Waals surface area contributed by atoms with Crippen molar-refractivity contribution in [3.05, 3.63) is 63.5 Å². The Kier molecular flexibility index (Phi) is 4.71. The summed E-state index contributed by atoms with van der Waals surface area (Å²) >= 11 is 3.48. The molecule has 3 aromatic rings. The Morgan fingerprint density at radius 1 is 1.25 bits per heavy atom. The van der Waals surface area contributed by atoms with E-state index >= 15 is 0 Å². The molecular formula is C19H20BrN3O. The molecule has 0 aliphatic carbocycles. The summed E-state index contributed by atoms with van der Waals surface area (Å²) in [5.74, 6) is -0.127. The number of anilines is 1. The number of nitrogens with one attached hydrogen (secondary N) is 1. The van der Waals surface area contributed by atoms with E-state index in [1.807, 2.05) is 54.8 Å². The van der Waals surface area contributed by atoms with Crippen LogP contribution >= 0.6 is 15.9 Å². The van der Waals surface area contributed by atoms with Crippen LogP contribution in [0.25, 0.3) is 5.65 Å². The zero-order chi connectivity index (χ0) is 17.3. The first-order valence-electron chi connectivity index (χ1n) is 8.04. The van der Waals surface area contributed by atoms with Crippen molar-refractivity contribution in [2.45, 2.75) is 33.6 Å². The number of nitrogens with zero attached hydrogens (tertiary/aromatic N) is 2. The highest BCUT2D eigenvalue weighted by atomic mass is 79.9. The summed E-state index contributed by atoms with van der Waals surface area (Å²) in [6, 6.07) is 9.75. The molecule has 0 unspecified atom stereocenters. The summed E-state index contributed by atoms with van der Waals surface area (Å²) in [6.07, 6.45) is 3.69. The Hall–Kier alpha value is -2.14. The van der Waals surface area contributed by atoms with Gasteiger partial charge in [-0.25, -0.2) is 4.98 Å². The smallest absolute Gasteiger partial charge is 0.274 e. The monoisotopic (exact) mass is 385 g/mol. The second-order valence-corrected chi connectivity index (χ2v) is 6.86. The minimum absolute atomic E-state index is 0.127. The predicted molar refractivity (Wildman–Crippen MR) is 101 cm³/mol. The van der Waals surface area contributed by atoms with Crippen LogP contribution in [0.5, 0.6) is 0 Å². The highest BCUT2D eigenvalue weighted by molar-refractivity contribution is 9.10. The molecule has 5 heteroatoms. The van der Waals surface area contributed by atoms with Gasteiger partial charge in [0.2, 0.25) is 0 Å². The van der Waals surface area contributed by atoms with Crippen molar-refractivity contribution in [1.29, 1.82) is 0 Å². The van der Waals surface area contributed by atoms with Gasteiger partial charge in [-0.3, -0.25) is 9.20 Å². The summed E-state index contributed by atoms with van der Waals surface area (Å²) in [4.78, 5) is 17.5. The van der Waals surface area contributed by atoms with Crippen LogP contribution in [-0.2, 0) is 6.42 Å². The number of hydrogen-bond donors (Lipinski definition) is 1. The van der Waals surface area contributed by atoms with Gasteiger partial charge >= 0.3 is 0 Å².